The van der Waals surface area contributed by atoms with Crippen LogP contribution in [0.1, 0.15) is 97.8 Å². The molecule has 1 aliphatic heterocycles. The van der Waals surface area contributed by atoms with Crippen LogP contribution in [0.4, 0.5) is 0 Å². The zero-order valence-corrected chi connectivity index (χ0v) is 18.3. The van der Waals surface area contributed by atoms with E-state index in [2.05, 4.69) is 36.5 Å². The van der Waals surface area contributed by atoms with E-state index >= 15 is 0 Å². The SMILES string of the molecule is CCCCC/C=C\C/C=C/CCCCCCCC(=O)N[C@@H]1C(=O)O[C@H](C)[C@H]1C. The van der Waals surface area contributed by atoms with Crippen LogP contribution in [0.25, 0.3) is 0 Å². The highest BCUT2D eigenvalue weighted by molar-refractivity contribution is 5.86. The number of carbonyl (C=O) groups excluding carboxylic acids is 2. The Morgan fingerprint density at radius 2 is 1.54 bits per heavy atom. The molecule has 0 aromatic rings. The Labute approximate surface area is 172 Å². The lowest BCUT2D eigenvalue weighted by Gasteiger charge is -2.14. The van der Waals surface area contributed by atoms with Crippen molar-refractivity contribution >= 4 is 11.9 Å². The Balaban J connectivity index is 1.93. The van der Waals surface area contributed by atoms with Gasteiger partial charge >= 0.3 is 5.97 Å². The lowest BCUT2D eigenvalue weighted by molar-refractivity contribution is -0.143. The maximum atomic E-state index is 12.0. The van der Waals surface area contributed by atoms with Gasteiger partial charge in [0.2, 0.25) is 5.91 Å². The van der Waals surface area contributed by atoms with Crippen molar-refractivity contribution in [3.63, 3.8) is 0 Å². The Morgan fingerprint density at radius 1 is 0.929 bits per heavy atom. The van der Waals surface area contributed by atoms with Crippen molar-refractivity contribution in [1.82, 2.24) is 5.32 Å². The fourth-order valence-corrected chi connectivity index (χ4v) is 3.38. The van der Waals surface area contributed by atoms with Gasteiger partial charge in [-0.15, -0.1) is 0 Å². The van der Waals surface area contributed by atoms with Crippen molar-refractivity contribution in [1.29, 1.82) is 0 Å². The van der Waals surface area contributed by atoms with Gasteiger partial charge in [0.15, 0.2) is 0 Å². The molecule has 0 aromatic heterocycles. The Morgan fingerprint density at radius 3 is 2.14 bits per heavy atom. The van der Waals surface area contributed by atoms with Crippen LogP contribution in [0.15, 0.2) is 24.3 Å². The van der Waals surface area contributed by atoms with Crippen LogP contribution < -0.4 is 5.32 Å². The third-order valence-corrected chi connectivity index (χ3v) is 5.49. The average Bonchev–Trinajstić information content (AvgIpc) is 2.91. The standard InChI is InChI=1S/C24H41NO3/c1-4-5-6-7-8-9-10-11-12-13-14-15-16-17-18-19-22(26)25-23-20(2)21(3)28-24(23)27/h8-9,11-12,20-21,23H,4-7,10,13-19H2,1-3H3,(H,25,26)/b9-8-,12-11+/t20-,21-,23+/m1/s1. The number of hydrogen-bond donors (Lipinski definition) is 1. The first-order valence-electron chi connectivity index (χ1n) is 11.4. The van der Waals surface area contributed by atoms with Crippen molar-refractivity contribution in [2.45, 2.75) is 110 Å². The van der Waals surface area contributed by atoms with Crippen molar-refractivity contribution in [3.05, 3.63) is 24.3 Å². The molecular formula is C24H41NO3. The molecule has 1 amide bonds. The fourth-order valence-electron chi connectivity index (χ4n) is 3.38. The quantitative estimate of drug-likeness (QED) is 0.216. The monoisotopic (exact) mass is 391 g/mol. The molecule has 0 aromatic carbocycles. The van der Waals surface area contributed by atoms with Crippen LogP contribution in [0.5, 0.6) is 0 Å². The second-order valence-electron chi connectivity index (χ2n) is 8.03. The third kappa shape index (κ3) is 10.7. The number of ether oxygens (including phenoxy) is 1. The average molecular weight is 392 g/mol. The molecule has 1 fully saturated rings. The summed E-state index contributed by atoms with van der Waals surface area (Å²) in [5.74, 6) is -0.289. The van der Waals surface area contributed by atoms with E-state index in [1.165, 1.54) is 38.5 Å². The number of carbonyl (C=O) groups is 2. The maximum Gasteiger partial charge on any atom is 0.329 e. The van der Waals surface area contributed by atoms with Gasteiger partial charge in [0.25, 0.3) is 0 Å². The molecule has 0 saturated carbocycles. The summed E-state index contributed by atoms with van der Waals surface area (Å²) in [4.78, 5) is 23.7. The van der Waals surface area contributed by atoms with E-state index in [9.17, 15) is 9.59 Å². The molecule has 3 atom stereocenters. The van der Waals surface area contributed by atoms with E-state index in [1.807, 2.05) is 13.8 Å². The second kappa shape index (κ2) is 15.4. The van der Waals surface area contributed by atoms with Crippen LogP contribution in [0, 0.1) is 5.92 Å². The smallest absolute Gasteiger partial charge is 0.329 e. The Hall–Kier alpha value is -1.58. The van der Waals surface area contributed by atoms with Crippen molar-refractivity contribution < 1.29 is 14.3 Å². The lowest BCUT2D eigenvalue weighted by Crippen LogP contribution is -2.41. The van der Waals surface area contributed by atoms with Gasteiger partial charge in [-0.05, 0) is 45.4 Å². The van der Waals surface area contributed by atoms with E-state index in [0.717, 1.165) is 32.1 Å². The minimum Gasteiger partial charge on any atom is -0.461 e. The van der Waals surface area contributed by atoms with E-state index < -0.39 is 6.04 Å². The molecule has 1 heterocycles. The number of hydrogen-bond acceptors (Lipinski definition) is 3. The molecule has 0 radical (unpaired) electrons. The normalized spacial score (nSPS) is 22.2. The predicted molar refractivity (Wildman–Crippen MR) is 116 cm³/mol. The maximum absolute atomic E-state index is 12.0. The van der Waals surface area contributed by atoms with Gasteiger partial charge in [-0.25, -0.2) is 4.79 Å². The highest BCUT2D eigenvalue weighted by Gasteiger charge is 2.40. The molecule has 0 unspecified atom stereocenters. The molecule has 1 aliphatic rings. The van der Waals surface area contributed by atoms with Gasteiger partial charge in [-0.2, -0.15) is 0 Å². The highest BCUT2D eigenvalue weighted by atomic mass is 16.6. The minimum atomic E-state index is -0.472. The molecule has 4 heteroatoms. The lowest BCUT2D eigenvalue weighted by atomic mass is 10.00. The van der Waals surface area contributed by atoms with E-state index in [4.69, 9.17) is 4.74 Å². The molecule has 4 nitrogen and oxygen atoms in total. The highest BCUT2D eigenvalue weighted by Crippen LogP contribution is 2.21. The van der Waals surface area contributed by atoms with Crippen molar-refractivity contribution in [2.24, 2.45) is 5.92 Å². The topological polar surface area (TPSA) is 55.4 Å². The number of rotatable bonds is 15. The van der Waals surface area contributed by atoms with Crippen LogP contribution in [-0.4, -0.2) is 24.0 Å². The first-order chi connectivity index (χ1) is 13.6. The molecule has 0 spiro atoms. The molecular weight excluding hydrogens is 350 g/mol. The molecule has 1 N–H and O–H groups in total. The van der Waals surface area contributed by atoms with Gasteiger partial charge in [0.1, 0.15) is 12.1 Å². The largest absolute Gasteiger partial charge is 0.461 e. The molecule has 28 heavy (non-hydrogen) atoms. The van der Waals surface area contributed by atoms with Crippen molar-refractivity contribution in [2.75, 3.05) is 0 Å². The van der Waals surface area contributed by atoms with Crippen LogP contribution in [0.2, 0.25) is 0 Å². The summed E-state index contributed by atoms with van der Waals surface area (Å²) < 4.78 is 5.16. The summed E-state index contributed by atoms with van der Waals surface area (Å²) in [6, 6.07) is -0.472. The van der Waals surface area contributed by atoms with Gasteiger partial charge in [-0.3, -0.25) is 4.79 Å². The zero-order valence-electron chi connectivity index (χ0n) is 18.3. The summed E-state index contributed by atoms with van der Waals surface area (Å²) >= 11 is 0. The van der Waals surface area contributed by atoms with Crippen LogP contribution >= 0.6 is 0 Å². The fraction of sp³-hybridized carbons (Fsp3) is 0.750. The minimum absolute atomic E-state index is 0.0337. The first kappa shape index (κ1) is 24.5. The number of unbranched alkanes of at least 4 members (excludes halogenated alkanes) is 8. The number of nitrogens with one attached hydrogen (secondary N) is 1. The number of allylic oxidation sites excluding steroid dienone is 4. The first-order valence-corrected chi connectivity index (χ1v) is 11.4. The summed E-state index contributed by atoms with van der Waals surface area (Å²) in [6.45, 7) is 6.05. The molecule has 160 valence electrons. The number of esters is 1. The predicted octanol–water partition coefficient (Wildman–Crippen LogP) is 5.87. The van der Waals surface area contributed by atoms with Crippen LogP contribution in [0.3, 0.4) is 0 Å². The zero-order chi connectivity index (χ0) is 20.6. The molecule has 0 bridgehead atoms. The van der Waals surface area contributed by atoms with Crippen molar-refractivity contribution in [3.8, 4) is 0 Å². The summed E-state index contributed by atoms with van der Waals surface area (Å²) in [7, 11) is 0. The third-order valence-electron chi connectivity index (χ3n) is 5.49. The molecule has 1 saturated heterocycles. The molecule has 1 rings (SSSR count). The van der Waals surface area contributed by atoms with Crippen LogP contribution in [-0.2, 0) is 14.3 Å². The van der Waals surface area contributed by atoms with Gasteiger partial charge in [-0.1, -0.05) is 70.3 Å². The summed E-state index contributed by atoms with van der Waals surface area (Å²) in [6.07, 6.45) is 22.4. The number of cyclic esters (lactones) is 1. The Bertz CT molecular complexity index is 498. The van der Waals surface area contributed by atoms with Gasteiger partial charge in [0.05, 0.1) is 0 Å². The second-order valence-corrected chi connectivity index (χ2v) is 8.03. The number of amides is 1. The van der Waals surface area contributed by atoms with E-state index in [-0.39, 0.29) is 23.9 Å². The van der Waals surface area contributed by atoms with Gasteiger partial charge < -0.3 is 10.1 Å². The summed E-state index contributed by atoms with van der Waals surface area (Å²) in [5.41, 5.74) is 0. The van der Waals surface area contributed by atoms with Gasteiger partial charge in [0, 0.05) is 12.3 Å². The Kier molecular flexibility index (Phi) is 13.4. The summed E-state index contributed by atoms with van der Waals surface area (Å²) in [5, 5.41) is 2.83. The van der Waals surface area contributed by atoms with E-state index in [1.54, 1.807) is 0 Å². The molecule has 0 aliphatic carbocycles. The van der Waals surface area contributed by atoms with E-state index in [0.29, 0.717) is 6.42 Å².